The molecule has 1 N–H and O–H groups in total. The van der Waals surface area contributed by atoms with Gasteiger partial charge in [0.15, 0.2) is 5.16 Å². The van der Waals surface area contributed by atoms with Gasteiger partial charge in [0.25, 0.3) is 0 Å². The number of hydrogen-bond donors (Lipinski definition) is 1. The Hall–Kier alpha value is -0.520. The largest absolute Gasteiger partial charge is 0.477 e. The summed E-state index contributed by atoms with van der Waals surface area (Å²) in [5, 5.41) is 4.42. The Morgan fingerprint density at radius 3 is 2.94 bits per heavy atom. The van der Waals surface area contributed by atoms with Crippen molar-refractivity contribution < 1.29 is 4.74 Å². The van der Waals surface area contributed by atoms with Gasteiger partial charge in [0.05, 0.1) is 6.61 Å². The van der Waals surface area contributed by atoms with Crippen LogP contribution in [0.1, 0.15) is 12.8 Å². The molecule has 0 spiro atoms. The van der Waals surface area contributed by atoms with Crippen LogP contribution in [-0.4, -0.2) is 35.9 Å². The van der Waals surface area contributed by atoms with Gasteiger partial charge in [0.2, 0.25) is 5.88 Å². The van der Waals surface area contributed by atoms with Crippen molar-refractivity contribution >= 4 is 23.4 Å². The van der Waals surface area contributed by atoms with E-state index in [-0.39, 0.29) is 0 Å². The van der Waals surface area contributed by atoms with Crippen LogP contribution in [0.25, 0.3) is 0 Å². The fourth-order valence-corrected chi connectivity index (χ4v) is 2.39. The average Bonchev–Trinajstić information content (AvgIpc) is 2.37. The monoisotopic (exact) mass is 273 g/mol. The quantitative estimate of drug-likeness (QED) is 0.518. The van der Waals surface area contributed by atoms with Crippen molar-refractivity contribution in [1.29, 1.82) is 0 Å². The highest BCUT2D eigenvalue weighted by molar-refractivity contribution is 7.98. The van der Waals surface area contributed by atoms with Gasteiger partial charge < -0.3 is 10.1 Å². The Morgan fingerprint density at radius 1 is 1.47 bits per heavy atom. The van der Waals surface area contributed by atoms with Crippen LogP contribution in [0.2, 0.25) is 5.15 Å². The van der Waals surface area contributed by atoms with Crippen molar-refractivity contribution in [1.82, 2.24) is 15.3 Å². The zero-order valence-electron chi connectivity index (χ0n) is 9.78. The number of hydrogen-bond acceptors (Lipinski definition) is 5. The first-order valence-corrected chi connectivity index (χ1v) is 7.30. The maximum atomic E-state index is 5.90. The smallest absolute Gasteiger partial charge is 0.218 e. The number of nitrogens with one attached hydrogen (secondary N) is 1. The van der Waals surface area contributed by atoms with Gasteiger partial charge >= 0.3 is 0 Å². The van der Waals surface area contributed by atoms with E-state index in [4.69, 9.17) is 16.3 Å². The van der Waals surface area contributed by atoms with E-state index in [2.05, 4.69) is 15.3 Å². The molecule has 1 aliphatic heterocycles. The second-order valence-corrected chi connectivity index (χ2v) is 5.18. The van der Waals surface area contributed by atoms with Crippen LogP contribution >= 0.6 is 23.4 Å². The fraction of sp³-hybridized carbons (Fsp3) is 0.636. The summed E-state index contributed by atoms with van der Waals surface area (Å²) in [5.74, 6) is 1.19. The molecule has 0 unspecified atom stereocenters. The minimum atomic E-state index is 0.435. The molecule has 0 aliphatic carbocycles. The Morgan fingerprint density at radius 2 is 2.24 bits per heavy atom. The van der Waals surface area contributed by atoms with Crippen LogP contribution in [0.15, 0.2) is 11.2 Å². The lowest BCUT2D eigenvalue weighted by Crippen LogP contribution is -2.30. The summed E-state index contributed by atoms with van der Waals surface area (Å²) in [6, 6.07) is 1.67. The normalized spacial score (nSPS) is 17.1. The highest BCUT2D eigenvalue weighted by Gasteiger charge is 2.14. The first kappa shape index (κ1) is 12.9. The summed E-state index contributed by atoms with van der Waals surface area (Å²) >= 11 is 7.36. The zero-order valence-corrected chi connectivity index (χ0v) is 11.4. The Bertz CT molecular complexity index is 372. The SMILES string of the molecule is CSc1nc(Cl)cc(OCC2CCNCC2)n1. The molecule has 17 heavy (non-hydrogen) atoms. The van der Waals surface area contributed by atoms with E-state index in [0.29, 0.717) is 28.7 Å². The van der Waals surface area contributed by atoms with Gasteiger partial charge in [-0.1, -0.05) is 23.4 Å². The third-order valence-electron chi connectivity index (χ3n) is 2.76. The van der Waals surface area contributed by atoms with E-state index < -0.39 is 0 Å². The van der Waals surface area contributed by atoms with Crippen LogP contribution in [0, 0.1) is 5.92 Å². The van der Waals surface area contributed by atoms with E-state index in [1.807, 2.05) is 6.26 Å². The molecule has 6 heteroatoms. The summed E-state index contributed by atoms with van der Waals surface area (Å²) in [4.78, 5) is 8.34. The second kappa shape index (κ2) is 6.42. The Kier molecular flexibility index (Phi) is 4.88. The second-order valence-electron chi connectivity index (χ2n) is 4.02. The van der Waals surface area contributed by atoms with Gasteiger partial charge in [-0.15, -0.1) is 0 Å². The van der Waals surface area contributed by atoms with Crippen LogP contribution in [0.5, 0.6) is 5.88 Å². The molecule has 0 saturated carbocycles. The molecule has 1 aromatic rings. The molecule has 0 bridgehead atoms. The number of ether oxygens (including phenoxy) is 1. The average molecular weight is 274 g/mol. The van der Waals surface area contributed by atoms with E-state index in [1.54, 1.807) is 6.07 Å². The molecule has 1 saturated heterocycles. The molecule has 1 aliphatic rings. The number of piperidine rings is 1. The van der Waals surface area contributed by atoms with Gasteiger partial charge in [0, 0.05) is 6.07 Å². The van der Waals surface area contributed by atoms with Gasteiger partial charge in [-0.2, -0.15) is 4.98 Å². The van der Waals surface area contributed by atoms with Crippen LogP contribution in [-0.2, 0) is 0 Å². The van der Waals surface area contributed by atoms with E-state index in [9.17, 15) is 0 Å². The molecule has 0 atom stereocenters. The molecule has 94 valence electrons. The Balaban J connectivity index is 1.91. The summed E-state index contributed by atoms with van der Waals surface area (Å²) < 4.78 is 5.69. The lowest BCUT2D eigenvalue weighted by atomic mass is 9.99. The third-order valence-corrected chi connectivity index (χ3v) is 3.50. The van der Waals surface area contributed by atoms with E-state index in [1.165, 1.54) is 11.8 Å². The molecule has 0 amide bonds. The molecule has 2 heterocycles. The summed E-state index contributed by atoms with van der Waals surface area (Å²) in [7, 11) is 0. The fourth-order valence-electron chi connectivity index (χ4n) is 1.79. The van der Waals surface area contributed by atoms with Crippen molar-refractivity contribution in [2.75, 3.05) is 26.0 Å². The topological polar surface area (TPSA) is 47.0 Å². The highest BCUT2D eigenvalue weighted by Crippen LogP contribution is 2.20. The number of thioether (sulfide) groups is 1. The van der Waals surface area contributed by atoms with Gasteiger partial charge in [-0.25, -0.2) is 4.98 Å². The summed E-state index contributed by atoms with van der Waals surface area (Å²) in [6.45, 7) is 2.87. The van der Waals surface area contributed by atoms with Crippen molar-refractivity contribution in [3.8, 4) is 5.88 Å². The Labute approximate surface area is 111 Å². The molecule has 4 nitrogen and oxygen atoms in total. The molecular formula is C11H16ClN3OS. The van der Waals surface area contributed by atoms with Crippen molar-refractivity contribution in [3.05, 3.63) is 11.2 Å². The maximum Gasteiger partial charge on any atom is 0.218 e. The lowest BCUT2D eigenvalue weighted by molar-refractivity contribution is 0.207. The zero-order chi connectivity index (χ0) is 12.1. The molecule has 1 aromatic heterocycles. The highest BCUT2D eigenvalue weighted by atomic mass is 35.5. The van der Waals surface area contributed by atoms with Crippen LogP contribution in [0.3, 0.4) is 0 Å². The summed E-state index contributed by atoms with van der Waals surface area (Å²) in [6.07, 6.45) is 4.24. The predicted octanol–water partition coefficient (Wildman–Crippen LogP) is 2.23. The van der Waals surface area contributed by atoms with Crippen LogP contribution < -0.4 is 10.1 Å². The lowest BCUT2D eigenvalue weighted by Gasteiger charge is -2.22. The standard InChI is InChI=1S/C11H16ClN3OS/c1-17-11-14-9(12)6-10(15-11)16-7-8-2-4-13-5-3-8/h6,8,13H,2-5,7H2,1H3. The number of aromatic nitrogens is 2. The van der Waals surface area contributed by atoms with Crippen LogP contribution in [0.4, 0.5) is 0 Å². The summed E-state index contributed by atoms with van der Waals surface area (Å²) in [5.41, 5.74) is 0. The van der Waals surface area contributed by atoms with Gasteiger partial charge in [0.1, 0.15) is 5.15 Å². The molecular weight excluding hydrogens is 258 g/mol. The van der Waals surface area contributed by atoms with Crippen molar-refractivity contribution in [3.63, 3.8) is 0 Å². The first-order chi connectivity index (χ1) is 8.28. The predicted molar refractivity (Wildman–Crippen MR) is 69.9 cm³/mol. The maximum absolute atomic E-state index is 5.90. The third kappa shape index (κ3) is 4.01. The number of halogens is 1. The van der Waals surface area contributed by atoms with Crippen molar-refractivity contribution in [2.24, 2.45) is 5.92 Å². The van der Waals surface area contributed by atoms with Crippen molar-refractivity contribution in [2.45, 2.75) is 18.0 Å². The minimum Gasteiger partial charge on any atom is -0.477 e. The van der Waals surface area contributed by atoms with E-state index in [0.717, 1.165) is 25.9 Å². The molecule has 2 rings (SSSR count). The minimum absolute atomic E-state index is 0.435. The first-order valence-electron chi connectivity index (χ1n) is 5.70. The molecule has 0 aromatic carbocycles. The molecule has 1 fully saturated rings. The number of nitrogens with zero attached hydrogens (tertiary/aromatic N) is 2. The number of rotatable bonds is 4. The van der Waals surface area contributed by atoms with Gasteiger partial charge in [-0.3, -0.25) is 0 Å². The van der Waals surface area contributed by atoms with E-state index >= 15 is 0 Å². The van der Waals surface area contributed by atoms with Gasteiger partial charge in [-0.05, 0) is 38.1 Å². The molecule has 0 radical (unpaired) electrons.